The molecule has 3 rings (SSSR count). The van der Waals surface area contributed by atoms with Gasteiger partial charge in [-0.05, 0) is 37.1 Å². The Labute approximate surface area is 128 Å². The number of nitrogens with zero attached hydrogens (tertiary/aromatic N) is 3. The van der Waals surface area contributed by atoms with Crippen molar-refractivity contribution in [2.24, 2.45) is 0 Å². The number of hydrogen-bond donors (Lipinski definition) is 0. The number of rotatable bonds is 4. The Morgan fingerprint density at radius 1 is 1.41 bits per heavy atom. The third-order valence-electron chi connectivity index (χ3n) is 3.46. The Bertz CT molecular complexity index is 625. The van der Waals surface area contributed by atoms with Crippen molar-refractivity contribution in [2.75, 3.05) is 13.1 Å². The molecule has 0 spiro atoms. The lowest BCUT2D eigenvalue weighted by Crippen LogP contribution is -2.43. The SMILES string of the molecule is O=C(/C=C/c1ccco1)N1CCC[C@H](Oc2cccnn2)C1. The largest absolute Gasteiger partial charge is 0.471 e. The van der Waals surface area contributed by atoms with Crippen LogP contribution in [0.15, 0.2) is 47.2 Å². The first-order chi connectivity index (χ1) is 10.8. The number of likely N-dealkylation sites (tertiary alicyclic amines) is 1. The van der Waals surface area contributed by atoms with Gasteiger partial charge >= 0.3 is 0 Å². The van der Waals surface area contributed by atoms with Crippen molar-refractivity contribution in [1.82, 2.24) is 15.1 Å². The number of carbonyl (C=O) groups is 1. The summed E-state index contributed by atoms with van der Waals surface area (Å²) in [4.78, 5) is 14.0. The second kappa shape index (κ2) is 6.89. The van der Waals surface area contributed by atoms with E-state index < -0.39 is 0 Å². The van der Waals surface area contributed by atoms with Crippen LogP contribution in [0.1, 0.15) is 18.6 Å². The Morgan fingerprint density at radius 2 is 2.36 bits per heavy atom. The third kappa shape index (κ3) is 3.72. The van der Waals surface area contributed by atoms with Gasteiger partial charge in [-0.2, -0.15) is 5.10 Å². The van der Waals surface area contributed by atoms with Crippen molar-refractivity contribution in [2.45, 2.75) is 18.9 Å². The van der Waals surface area contributed by atoms with Crippen LogP contribution in [0.4, 0.5) is 0 Å². The molecule has 2 aromatic rings. The van der Waals surface area contributed by atoms with Gasteiger partial charge in [0.05, 0.1) is 12.8 Å². The number of piperidine rings is 1. The van der Waals surface area contributed by atoms with Gasteiger partial charge in [-0.1, -0.05) is 0 Å². The smallest absolute Gasteiger partial charge is 0.246 e. The highest BCUT2D eigenvalue weighted by atomic mass is 16.5. The van der Waals surface area contributed by atoms with E-state index >= 15 is 0 Å². The second-order valence-electron chi connectivity index (χ2n) is 5.08. The van der Waals surface area contributed by atoms with Crippen molar-refractivity contribution in [3.8, 4) is 5.88 Å². The minimum Gasteiger partial charge on any atom is -0.471 e. The molecule has 6 nitrogen and oxygen atoms in total. The van der Waals surface area contributed by atoms with E-state index in [1.165, 1.54) is 6.08 Å². The molecule has 1 saturated heterocycles. The summed E-state index contributed by atoms with van der Waals surface area (Å²) >= 11 is 0. The van der Waals surface area contributed by atoms with E-state index in [-0.39, 0.29) is 12.0 Å². The molecule has 22 heavy (non-hydrogen) atoms. The lowest BCUT2D eigenvalue weighted by Gasteiger charge is -2.31. The summed E-state index contributed by atoms with van der Waals surface area (Å²) in [6.07, 6.45) is 8.15. The summed E-state index contributed by atoms with van der Waals surface area (Å²) < 4.78 is 10.9. The molecule has 3 heterocycles. The average molecular weight is 299 g/mol. The summed E-state index contributed by atoms with van der Waals surface area (Å²) in [5.41, 5.74) is 0. The fourth-order valence-electron chi connectivity index (χ4n) is 2.40. The van der Waals surface area contributed by atoms with Crippen LogP contribution in [0.5, 0.6) is 5.88 Å². The van der Waals surface area contributed by atoms with Crippen LogP contribution in [0, 0.1) is 0 Å². The molecule has 114 valence electrons. The summed E-state index contributed by atoms with van der Waals surface area (Å²) in [6, 6.07) is 7.14. The monoisotopic (exact) mass is 299 g/mol. The molecular formula is C16H17N3O3. The van der Waals surface area contributed by atoms with Crippen LogP contribution in [-0.4, -0.2) is 40.2 Å². The van der Waals surface area contributed by atoms with E-state index in [1.807, 2.05) is 0 Å². The maximum Gasteiger partial charge on any atom is 0.246 e. The molecule has 0 aromatic carbocycles. The van der Waals surface area contributed by atoms with Gasteiger partial charge in [0.15, 0.2) is 0 Å². The second-order valence-corrected chi connectivity index (χ2v) is 5.08. The fraction of sp³-hybridized carbons (Fsp3) is 0.312. The normalized spacial score (nSPS) is 18.5. The minimum atomic E-state index is -0.0496. The van der Waals surface area contributed by atoms with Crippen LogP contribution >= 0.6 is 0 Å². The lowest BCUT2D eigenvalue weighted by molar-refractivity contribution is -0.128. The number of furan rings is 1. The van der Waals surface area contributed by atoms with Crippen LogP contribution in [0.3, 0.4) is 0 Å². The first-order valence-corrected chi connectivity index (χ1v) is 7.26. The number of amides is 1. The molecule has 0 N–H and O–H groups in total. The zero-order valence-electron chi connectivity index (χ0n) is 12.1. The van der Waals surface area contributed by atoms with E-state index in [1.54, 1.807) is 47.7 Å². The molecule has 1 amide bonds. The molecule has 6 heteroatoms. The van der Waals surface area contributed by atoms with Crippen molar-refractivity contribution < 1.29 is 13.9 Å². The van der Waals surface area contributed by atoms with Crippen LogP contribution < -0.4 is 4.74 Å². The average Bonchev–Trinajstić information content (AvgIpc) is 3.07. The maximum absolute atomic E-state index is 12.2. The number of aromatic nitrogens is 2. The van der Waals surface area contributed by atoms with Crippen LogP contribution in [-0.2, 0) is 4.79 Å². The quantitative estimate of drug-likeness (QED) is 0.809. The first kappa shape index (κ1) is 14.3. The van der Waals surface area contributed by atoms with Gasteiger partial charge in [0.1, 0.15) is 11.9 Å². The number of hydrogen-bond acceptors (Lipinski definition) is 5. The molecule has 0 saturated carbocycles. The van der Waals surface area contributed by atoms with E-state index in [9.17, 15) is 4.79 Å². The zero-order valence-corrected chi connectivity index (χ0v) is 12.1. The van der Waals surface area contributed by atoms with Gasteiger partial charge in [-0.25, -0.2) is 0 Å². The van der Waals surface area contributed by atoms with E-state index in [4.69, 9.17) is 9.15 Å². The highest BCUT2D eigenvalue weighted by Gasteiger charge is 2.24. The molecule has 1 aliphatic rings. The molecule has 0 unspecified atom stereocenters. The molecule has 0 aliphatic carbocycles. The third-order valence-corrected chi connectivity index (χ3v) is 3.46. The molecule has 1 fully saturated rings. The van der Waals surface area contributed by atoms with Gasteiger partial charge in [0.25, 0.3) is 0 Å². The number of ether oxygens (including phenoxy) is 1. The fourth-order valence-corrected chi connectivity index (χ4v) is 2.40. The van der Waals surface area contributed by atoms with Crippen molar-refractivity contribution in [3.63, 3.8) is 0 Å². The Morgan fingerprint density at radius 3 is 3.14 bits per heavy atom. The Balaban J connectivity index is 1.57. The van der Waals surface area contributed by atoms with E-state index in [0.29, 0.717) is 18.2 Å². The summed E-state index contributed by atoms with van der Waals surface area (Å²) in [5, 5.41) is 7.70. The van der Waals surface area contributed by atoms with Gasteiger partial charge in [-0.3, -0.25) is 4.79 Å². The summed E-state index contributed by atoms with van der Waals surface area (Å²) in [5.74, 6) is 1.12. The van der Waals surface area contributed by atoms with Gasteiger partial charge in [-0.15, -0.1) is 5.10 Å². The van der Waals surface area contributed by atoms with Crippen molar-refractivity contribution in [1.29, 1.82) is 0 Å². The van der Waals surface area contributed by atoms with Crippen LogP contribution in [0.25, 0.3) is 6.08 Å². The summed E-state index contributed by atoms with van der Waals surface area (Å²) in [6.45, 7) is 1.29. The molecular weight excluding hydrogens is 282 g/mol. The van der Waals surface area contributed by atoms with Gasteiger partial charge in [0, 0.05) is 24.9 Å². The Hall–Kier alpha value is -2.63. The maximum atomic E-state index is 12.2. The van der Waals surface area contributed by atoms with Crippen molar-refractivity contribution >= 4 is 12.0 Å². The topological polar surface area (TPSA) is 68.5 Å². The molecule has 2 aromatic heterocycles. The van der Waals surface area contributed by atoms with Gasteiger partial charge in [0.2, 0.25) is 11.8 Å². The predicted molar refractivity (Wildman–Crippen MR) is 80.0 cm³/mol. The zero-order chi connectivity index (χ0) is 15.2. The van der Waals surface area contributed by atoms with E-state index in [0.717, 1.165) is 19.4 Å². The molecule has 0 radical (unpaired) electrons. The number of carbonyl (C=O) groups excluding carboxylic acids is 1. The van der Waals surface area contributed by atoms with Crippen molar-refractivity contribution in [3.05, 3.63) is 48.6 Å². The van der Waals surface area contributed by atoms with Crippen LogP contribution in [0.2, 0.25) is 0 Å². The van der Waals surface area contributed by atoms with E-state index in [2.05, 4.69) is 10.2 Å². The molecule has 0 bridgehead atoms. The standard InChI is InChI=1S/C16H17N3O3/c20-16(8-7-13-5-3-11-21-13)19-10-2-4-14(12-19)22-15-6-1-9-17-18-15/h1,3,5-9,11,14H,2,4,10,12H2/b8-7+/t14-/m0/s1. The highest BCUT2D eigenvalue weighted by Crippen LogP contribution is 2.16. The van der Waals surface area contributed by atoms with Gasteiger partial charge < -0.3 is 14.1 Å². The molecule has 1 aliphatic heterocycles. The minimum absolute atomic E-state index is 0.0381. The highest BCUT2D eigenvalue weighted by molar-refractivity contribution is 5.91. The lowest BCUT2D eigenvalue weighted by atomic mass is 10.1. The summed E-state index contributed by atoms with van der Waals surface area (Å²) in [7, 11) is 0. The molecule has 1 atom stereocenters. The Kier molecular flexibility index (Phi) is 4.48. The predicted octanol–water partition coefficient (Wildman–Crippen LogP) is 2.15. The first-order valence-electron chi connectivity index (χ1n) is 7.26.